The van der Waals surface area contributed by atoms with Crippen molar-refractivity contribution in [2.45, 2.75) is 32.1 Å². The minimum Gasteiger partial charge on any atom is -0.493 e. The zero-order chi connectivity index (χ0) is 18.9. The largest absolute Gasteiger partial charge is 0.493 e. The number of hydrogen-bond acceptors (Lipinski definition) is 5. The van der Waals surface area contributed by atoms with E-state index in [9.17, 15) is 9.59 Å². The van der Waals surface area contributed by atoms with Gasteiger partial charge in [-0.15, -0.1) is 0 Å². The lowest BCUT2D eigenvalue weighted by molar-refractivity contribution is -0.116. The number of rotatable bonds is 8. The maximum absolute atomic E-state index is 13.0. The zero-order valence-electron chi connectivity index (χ0n) is 15.8. The van der Waals surface area contributed by atoms with E-state index in [4.69, 9.17) is 14.2 Å². The maximum Gasteiger partial charge on any atom is 0.256 e. The van der Waals surface area contributed by atoms with Crippen LogP contribution in [-0.4, -0.2) is 57.7 Å². The molecule has 2 amide bonds. The molecule has 1 saturated heterocycles. The van der Waals surface area contributed by atoms with E-state index in [1.165, 1.54) is 14.2 Å². The van der Waals surface area contributed by atoms with Crippen molar-refractivity contribution >= 4 is 17.5 Å². The van der Waals surface area contributed by atoms with E-state index in [1.807, 2.05) is 4.90 Å². The number of anilines is 1. The highest BCUT2D eigenvalue weighted by Crippen LogP contribution is 2.34. The minimum absolute atomic E-state index is 0.0992. The Hall–Kier alpha value is -2.28. The van der Waals surface area contributed by atoms with E-state index >= 15 is 0 Å². The smallest absolute Gasteiger partial charge is 0.256 e. The fourth-order valence-corrected chi connectivity index (χ4v) is 3.02. The molecule has 1 heterocycles. The molecule has 144 valence electrons. The summed E-state index contributed by atoms with van der Waals surface area (Å²) in [6.07, 6.45) is 4.07. The van der Waals surface area contributed by atoms with Crippen molar-refractivity contribution in [3.05, 3.63) is 17.7 Å². The molecule has 0 radical (unpaired) electrons. The van der Waals surface area contributed by atoms with Gasteiger partial charge in [0, 0.05) is 39.3 Å². The lowest BCUT2D eigenvalue weighted by atomic mass is 10.1. The summed E-state index contributed by atoms with van der Waals surface area (Å²) in [5, 5.41) is 2.84. The molecule has 1 fully saturated rings. The van der Waals surface area contributed by atoms with Gasteiger partial charge in [0.1, 0.15) is 0 Å². The molecule has 2 rings (SSSR count). The summed E-state index contributed by atoms with van der Waals surface area (Å²) in [5.41, 5.74) is 0.866. The van der Waals surface area contributed by atoms with Gasteiger partial charge >= 0.3 is 0 Å². The number of benzene rings is 1. The Balaban J connectivity index is 2.27. The molecular weight excluding hydrogens is 336 g/mol. The summed E-state index contributed by atoms with van der Waals surface area (Å²) >= 11 is 0. The van der Waals surface area contributed by atoms with Crippen LogP contribution in [-0.2, 0) is 9.53 Å². The third-order valence-corrected chi connectivity index (χ3v) is 4.42. The molecule has 0 atom stereocenters. The third kappa shape index (κ3) is 5.11. The predicted molar refractivity (Wildman–Crippen MR) is 99.0 cm³/mol. The van der Waals surface area contributed by atoms with Gasteiger partial charge in [-0.25, -0.2) is 0 Å². The maximum atomic E-state index is 13.0. The van der Waals surface area contributed by atoms with Crippen molar-refractivity contribution in [1.82, 2.24) is 4.90 Å². The monoisotopic (exact) mass is 364 g/mol. The number of likely N-dealkylation sites (tertiary alicyclic amines) is 1. The van der Waals surface area contributed by atoms with Gasteiger partial charge in [0.15, 0.2) is 11.5 Å². The second-order valence-electron chi connectivity index (χ2n) is 6.25. The van der Waals surface area contributed by atoms with Crippen molar-refractivity contribution in [2.24, 2.45) is 0 Å². The third-order valence-electron chi connectivity index (χ3n) is 4.42. The molecule has 7 nitrogen and oxygen atoms in total. The molecule has 0 aromatic heterocycles. The number of nitrogens with one attached hydrogen (secondary N) is 1. The van der Waals surface area contributed by atoms with Crippen LogP contribution >= 0.6 is 0 Å². The normalized spacial score (nSPS) is 14.0. The number of ether oxygens (including phenoxy) is 3. The zero-order valence-corrected chi connectivity index (χ0v) is 15.8. The lowest BCUT2D eigenvalue weighted by Crippen LogP contribution is -2.36. The summed E-state index contributed by atoms with van der Waals surface area (Å²) in [7, 11) is 4.64. The molecule has 0 saturated carbocycles. The number of carbonyl (C=O) groups excluding carboxylic acids is 2. The lowest BCUT2D eigenvalue weighted by Gasteiger charge is -2.28. The molecular formula is C19H28N2O5. The molecule has 0 aliphatic carbocycles. The first-order valence-corrected chi connectivity index (χ1v) is 8.94. The number of methoxy groups -OCH3 is 3. The van der Waals surface area contributed by atoms with Crippen LogP contribution < -0.4 is 14.8 Å². The first-order chi connectivity index (χ1) is 12.6. The highest BCUT2D eigenvalue weighted by atomic mass is 16.5. The number of hydrogen-bond donors (Lipinski definition) is 1. The van der Waals surface area contributed by atoms with Gasteiger partial charge in [-0.3, -0.25) is 9.59 Å². The van der Waals surface area contributed by atoms with Gasteiger partial charge < -0.3 is 24.4 Å². The van der Waals surface area contributed by atoms with E-state index in [1.54, 1.807) is 19.2 Å². The number of carbonyl (C=O) groups is 2. The minimum atomic E-state index is -0.165. The fourth-order valence-electron chi connectivity index (χ4n) is 3.02. The van der Waals surface area contributed by atoms with Crippen molar-refractivity contribution in [3.8, 4) is 11.5 Å². The van der Waals surface area contributed by atoms with Crippen LogP contribution in [0.15, 0.2) is 12.1 Å². The number of nitrogens with zero attached hydrogens (tertiary/aromatic N) is 1. The van der Waals surface area contributed by atoms with E-state index in [-0.39, 0.29) is 11.8 Å². The Kier molecular flexibility index (Phi) is 7.72. The van der Waals surface area contributed by atoms with Gasteiger partial charge in [-0.2, -0.15) is 0 Å². The van der Waals surface area contributed by atoms with Crippen LogP contribution in [0, 0.1) is 0 Å². The second kappa shape index (κ2) is 10.0. The summed E-state index contributed by atoms with van der Waals surface area (Å²) in [6, 6.07) is 3.28. The SMILES string of the molecule is COCCCC(=O)Nc1cc(OC)c(OC)cc1C(=O)N1CCCCC1. The first kappa shape index (κ1) is 20.0. The predicted octanol–water partition coefficient (Wildman–Crippen LogP) is 2.70. The average Bonchev–Trinajstić information content (AvgIpc) is 2.68. The summed E-state index contributed by atoms with van der Waals surface area (Å²) in [5.74, 6) is 0.667. The van der Waals surface area contributed by atoms with Gasteiger partial charge in [-0.1, -0.05) is 0 Å². The van der Waals surface area contributed by atoms with E-state index in [0.29, 0.717) is 42.2 Å². The molecule has 1 aromatic rings. The highest BCUT2D eigenvalue weighted by Gasteiger charge is 2.24. The van der Waals surface area contributed by atoms with Gasteiger partial charge in [0.25, 0.3) is 5.91 Å². The highest BCUT2D eigenvalue weighted by molar-refractivity contribution is 6.04. The Morgan fingerprint density at radius 3 is 2.31 bits per heavy atom. The Bertz CT molecular complexity index is 627. The van der Waals surface area contributed by atoms with Gasteiger partial charge in [0.05, 0.1) is 25.5 Å². The molecule has 1 aliphatic rings. The number of amides is 2. The van der Waals surface area contributed by atoms with Crippen LogP contribution in [0.25, 0.3) is 0 Å². The van der Waals surface area contributed by atoms with Crippen molar-refractivity contribution in [1.29, 1.82) is 0 Å². The van der Waals surface area contributed by atoms with Crippen LogP contribution in [0.1, 0.15) is 42.5 Å². The van der Waals surface area contributed by atoms with Gasteiger partial charge in [0.2, 0.25) is 5.91 Å². The van der Waals surface area contributed by atoms with Crippen LogP contribution in [0.5, 0.6) is 11.5 Å². The molecule has 0 bridgehead atoms. The van der Waals surface area contributed by atoms with Crippen molar-refractivity contribution < 1.29 is 23.8 Å². The van der Waals surface area contributed by atoms with Crippen LogP contribution in [0.4, 0.5) is 5.69 Å². The molecule has 1 N–H and O–H groups in total. The Labute approximate surface area is 154 Å². The second-order valence-corrected chi connectivity index (χ2v) is 6.25. The molecule has 1 aromatic carbocycles. The Morgan fingerprint density at radius 1 is 1.04 bits per heavy atom. The molecule has 0 unspecified atom stereocenters. The van der Waals surface area contributed by atoms with E-state index in [0.717, 1.165) is 32.4 Å². The standard InChI is InChI=1S/C19H28N2O5/c1-24-11-7-8-18(22)20-15-13-17(26-3)16(25-2)12-14(15)19(23)21-9-5-4-6-10-21/h12-13H,4-11H2,1-3H3,(H,20,22). The van der Waals surface area contributed by atoms with Gasteiger partial charge in [-0.05, 0) is 31.7 Å². The van der Waals surface area contributed by atoms with E-state index in [2.05, 4.69) is 5.32 Å². The average molecular weight is 364 g/mol. The van der Waals surface area contributed by atoms with Crippen molar-refractivity contribution in [3.63, 3.8) is 0 Å². The summed E-state index contributed by atoms with van der Waals surface area (Å²) in [6.45, 7) is 1.97. The quantitative estimate of drug-likeness (QED) is 0.718. The molecule has 7 heteroatoms. The van der Waals surface area contributed by atoms with E-state index < -0.39 is 0 Å². The molecule has 0 spiro atoms. The topological polar surface area (TPSA) is 77.1 Å². The molecule has 1 aliphatic heterocycles. The summed E-state index contributed by atoms with van der Waals surface area (Å²) in [4.78, 5) is 27.0. The first-order valence-electron chi connectivity index (χ1n) is 8.94. The van der Waals surface area contributed by atoms with Crippen LogP contribution in [0.2, 0.25) is 0 Å². The number of piperidine rings is 1. The van der Waals surface area contributed by atoms with Crippen LogP contribution in [0.3, 0.4) is 0 Å². The fraction of sp³-hybridized carbons (Fsp3) is 0.579. The summed E-state index contributed by atoms with van der Waals surface area (Å²) < 4.78 is 15.6. The molecule has 26 heavy (non-hydrogen) atoms. The Morgan fingerprint density at radius 2 is 1.69 bits per heavy atom. The van der Waals surface area contributed by atoms with Crippen molar-refractivity contribution in [2.75, 3.05) is 46.3 Å².